The highest BCUT2D eigenvalue weighted by molar-refractivity contribution is 8.26. The van der Waals surface area contributed by atoms with E-state index in [0.717, 1.165) is 4.91 Å². The average Bonchev–Trinajstić information content (AvgIpc) is 2.47. The second kappa shape index (κ2) is 4.68. The van der Waals surface area contributed by atoms with Crippen molar-refractivity contribution in [1.29, 1.82) is 0 Å². The SMILES string of the molecule is CCO/P(=O)=S1/C(C)=CC=C1[N+](=O)[O-]. The Hall–Kier alpha value is -0.710. The van der Waals surface area contributed by atoms with E-state index in [1.807, 2.05) is 0 Å². The van der Waals surface area contributed by atoms with Crippen molar-refractivity contribution in [2.24, 2.45) is 0 Å². The van der Waals surface area contributed by atoms with Crippen LogP contribution in [0.15, 0.2) is 22.1 Å². The first kappa shape index (κ1) is 11.4. The van der Waals surface area contributed by atoms with Gasteiger partial charge in [0.1, 0.15) is 0 Å². The zero-order chi connectivity index (χ0) is 10.7. The van der Waals surface area contributed by atoms with Gasteiger partial charge in [-0.3, -0.25) is 14.6 Å². The van der Waals surface area contributed by atoms with Crippen LogP contribution >= 0.6 is 6.80 Å². The van der Waals surface area contributed by atoms with Gasteiger partial charge >= 0.3 is 5.03 Å². The molecule has 5 nitrogen and oxygen atoms in total. The van der Waals surface area contributed by atoms with Gasteiger partial charge in [0.05, 0.1) is 11.5 Å². The Morgan fingerprint density at radius 2 is 2.29 bits per heavy atom. The molecular formula is C7H10NO4PS. The number of hydrogen-bond acceptors (Lipinski definition) is 4. The second-order valence-electron chi connectivity index (χ2n) is 2.47. The van der Waals surface area contributed by atoms with Gasteiger partial charge in [0, 0.05) is 16.1 Å². The maximum atomic E-state index is 11.5. The van der Waals surface area contributed by atoms with Gasteiger partial charge in [-0.25, -0.2) is 4.57 Å². The molecule has 2 unspecified atom stereocenters. The maximum Gasteiger partial charge on any atom is 0.310 e. The van der Waals surface area contributed by atoms with Crippen molar-refractivity contribution in [2.75, 3.05) is 6.61 Å². The minimum Gasteiger partial charge on any atom is -0.296 e. The molecular weight excluding hydrogens is 225 g/mol. The van der Waals surface area contributed by atoms with Crippen LogP contribution in [0.3, 0.4) is 0 Å². The van der Waals surface area contributed by atoms with Crippen LogP contribution in [0.25, 0.3) is 0 Å². The summed E-state index contributed by atoms with van der Waals surface area (Å²) >= 11 is 0. The van der Waals surface area contributed by atoms with E-state index in [4.69, 9.17) is 4.52 Å². The van der Waals surface area contributed by atoms with E-state index in [1.165, 1.54) is 6.08 Å². The molecule has 1 heterocycles. The molecule has 1 rings (SSSR count). The minimum absolute atomic E-state index is 0.0166. The van der Waals surface area contributed by atoms with E-state index in [0.29, 0.717) is 6.61 Å². The zero-order valence-corrected chi connectivity index (χ0v) is 9.51. The molecule has 0 aromatic heterocycles. The lowest BCUT2D eigenvalue weighted by molar-refractivity contribution is -0.410. The molecule has 0 spiro atoms. The molecule has 0 bridgehead atoms. The monoisotopic (exact) mass is 235 g/mol. The van der Waals surface area contributed by atoms with Crippen LogP contribution in [0.5, 0.6) is 0 Å². The lowest BCUT2D eigenvalue weighted by atomic mass is 10.5. The largest absolute Gasteiger partial charge is 0.310 e. The number of allylic oxidation sites excluding steroid dienone is 3. The van der Waals surface area contributed by atoms with Gasteiger partial charge in [-0.1, -0.05) is 0 Å². The Kier molecular flexibility index (Phi) is 3.80. The first-order valence-corrected chi connectivity index (χ1v) is 6.96. The average molecular weight is 235 g/mol. The van der Waals surface area contributed by atoms with Crippen molar-refractivity contribution >= 4 is 16.9 Å². The predicted octanol–water partition coefficient (Wildman–Crippen LogP) is 2.33. The highest BCUT2D eigenvalue weighted by Crippen LogP contribution is 2.32. The third-order valence-electron chi connectivity index (χ3n) is 1.53. The Labute approximate surface area is 84.1 Å². The third-order valence-corrected chi connectivity index (χ3v) is 6.36. The first-order valence-electron chi connectivity index (χ1n) is 3.95. The highest BCUT2D eigenvalue weighted by Gasteiger charge is 2.25. The minimum atomic E-state index is -1.99. The van der Waals surface area contributed by atoms with Crippen LogP contribution in [0, 0.1) is 10.1 Å². The molecule has 0 saturated heterocycles. The maximum absolute atomic E-state index is 11.5. The molecule has 78 valence electrons. The fourth-order valence-electron chi connectivity index (χ4n) is 0.966. The van der Waals surface area contributed by atoms with Crippen LogP contribution in [-0.2, 0) is 19.2 Å². The van der Waals surface area contributed by atoms with E-state index < -0.39 is 21.8 Å². The number of nitrogens with zero attached hydrogens (tertiary/aromatic N) is 1. The van der Waals surface area contributed by atoms with Gasteiger partial charge in [-0.15, -0.1) is 0 Å². The van der Waals surface area contributed by atoms with Crippen LogP contribution in [0.1, 0.15) is 13.8 Å². The van der Waals surface area contributed by atoms with E-state index in [-0.39, 0.29) is 5.03 Å². The standard InChI is InChI=1S/C7H10NO4PS/c1-3-12-13(11)14-6(2)4-5-7(14)8(9)10/h4-5H,3H2,1-2H3. The van der Waals surface area contributed by atoms with Crippen LogP contribution in [0.4, 0.5) is 0 Å². The van der Waals surface area contributed by atoms with E-state index in [9.17, 15) is 14.7 Å². The molecule has 1 aliphatic rings. The van der Waals surface area contributed by atoms with E-state index in [1.54, 1.807) is 19.9 Å². The van der Waals surface area contributed by atoms with Gasteiger partial charge < -0.3 is 0 Å². The lowest BCUT2D eigenvalue weighted by Gasteiger charge is -1.99. The summed E-state index contributed by atoms with van der Waals surface area (Å²) < 4.78 is 16.4. The Balaban J connectivity index is 3.13. The van der Waals surface area contributed by atoms with Gasteiger partial charge in [0.2, 0.25) is 0 Å². The molecule has 0 fully saturated rings. The van der Waals surface area contributed by atoms with Crippen LogP contribution in [0.2, 0.25) is 0 Å². The summed E-state index contributed by atoms with van der Waals surface area (Å²) in [7, 11) is -0.974. The molecule has 0 saturated carbocycles. The molecule has 7 heteroatoms. The van der Waals surface area contributed by atoms with E-state index >= 15 is 0 Å². The Bertz CT molecular complexity index is 406. The summed E-state index contributed by atoms with van der Waals surface area (Å²) in [6.45, 7) is 1.74. The fraction of sp³-hybridized carbons (Fsp3) is 0.429. The van der Waals surface area contributed by atoms with Crippen molar-refractivity contribution in [3.05, 3.63) is 32.2 Å². The van der Waals surface area contributed by atoms with Crippen molar-refractivity contribution in [3.8, 4) is 0 Å². The lowest BCUT2D eigenvalue weighted by Crippen LogP contribution is -2.01. The van der Waals surface area contributed by atoms with Crippen molar-refractivity contribution in [3.63, 3.8) is 0 Å². The summed E-state index contributed by atoms with van der Waals surface area (Å²) in [4.78, 5) is 10.8. The number of nitro groups is 1. The van der Waals surface area contributed by atoms with Crippen molar-refractivity contribution < 1.29 is 14.0 Å². The molecule has 14 heavy (non-hydrogen) atoms. The van der Waals surface area contributed by atoms with Crippen LogP contribution in [-0.4, -0.2) is 11.5 Å². The highest BCUT2D eigenvalue weighted by atomic mass is 32.5. The van der Waals surface area contributed by atoms with Gasteiger partial charge in [-0.05, 0) is 24.8 Å². The molecule has 0 amide bonds. The van der Waals surface area contributed by atoms with E-state index in [2.05, 4.69) is 0 Å². The summed E-state index contributed by atoms with van der Waals surface area (Å²) in [6.07, 6.45) is 3.01. The zero-order valence-electron chi connectivity index (χ0n) is 7.80. The Morgan fingerprint density at radius 1 is 1.64 bits per heavy atom. The van der Waals surface area contributed by atoms with Crippen molar-refractivity contribution in [2.45, 2.75) is 13.8 Å². The second-order valence-corrected chi connectivity index (χ2v) is 6.79. The topological polar surface area (TPSA) is 69.4 Å². The smallest absolute Gasteiger partial charge is 0.296 e. The van der Waals surface area contributed by atoms with Gasteiger partial charge in [0.25, 0.3) is 6.80 Å². The van der Waals surface area contributed by atoms with Gasteiger partial charge in [0.15, 0.2) is 0 Å². The molecule has 2 atom stereocenters. The molecule has 0 aliphatic carbocycles. The summed E-state index contributed by atoms with van der Waals surface area (Å²) in [5, 5.41) is 10.6. The molecule has 0 radical (unpaired) electrons. The fourth-order valence-corrected chi connectivity index (χ4v) is 4.90. The Morgan fingerprint density at radius 3 is 2.79 bits per heavy atom. The number of rotatable bonds is 3. The first-order chi connectivity index (χ1) is 6.57. The van der Waals surface area contributed by atoms with Gasteiger partial charge in [-0.2, -0.15) is 0 Å². The normalized spacial score (nSPS) is 21.6. The summed E-state index contributed by atoms with van der Waals surface area (Å²) in [5.74, 6) is 0. The van der Waals surface area contributed by atoms with Crippen molar-refractivity contribution in [1.82, 2.24) is 0 Å². The quantitative estimate of drug-likeness (QED) is 0.427. The molecule has 0 aromatic rings. The molecule has 0 aromatic carbocycles. The third kappa shape index (κ3) is 2.20. The number of hydrogen-bond donors (Lipinski definition) is 0. The molecule has 0 N–H and O–H groups in total. The summed E-state index contributed by atoms with van der Waals surface area (Å²) in [5.41, 5.74) is 0. The summed E-state index contributed by atoms with van der Waals surface area (Å²) in [6, 6.07) is 0. The van der Waals surface area contributed by atoms with Crippen LogP contribution < -0.4 is 0 Å². The molecule has 1 aliphatic heterocycles. The predicted molar refractivity (Wildman–Crippen MR) is 55.4 cm³/mol.